The third-order valence-electron chi connectivity index (χ3n) is 4.80. The number of nitrogens with zero attached hydrogens (tertiary/aromatic N) is 4. The number of nitrogens with one attached hydrogen (secondary N) is 1. The van der Waals surface area contributed by atoms with E-state index in [2.05, 4.69) is 40.3 Å². The van der Waals surface area contributed by atoms with E-state index in [1.165, 1.54) is 4.68 Å². The molecule has 3 rings (SSSR count). The van der Waals surface area contributed by atoms with E-state index >= 15 is 0 Å². The van der Waals surface area contributed by atoms with Gasteiger partial charge in [0, 0.05) is 24.5 Å². The summed E-state index contributed by atoms with van der Waals surface area (Å²) in [7, 11) is 1.73. The number of carbonyl (C=O) groups excluding carboxylic acids is 1. The average Bonchev–Trinajstić information content (AvgIpc) is 2.98. The van der Waals surface area contributed by atoms with Crippen LogP contribution >= 0.6 is 0 Å². The highest BCUT2D eigenvalue weighted by atomic mass is 16.1. The van der Waals surface area contributed by atoms with Crippen LogP contribution in [0, 0.1) is 13.8 Å². The molecular weight excluding hydrogens is 352 g/mol. The zero-order chi connectivity index (χ0) is 20.4. The molecule has 0 spiro atoms. The molecule has 7 nitrogen and oxygen atoms in total. The molecule has 0 radical (unpaired) electrons. The van der Waals surface area contributed by atoms with Gasteiger partial charge in [0.15, 0.2) is 0 Å². The highest BCUT2D eigenvalue weighted by Crippen LogP contribution is 2.32. The smallest absolute Gasteiger partial charge is 0.267 e. The standard InChI is InChI=1S/C21H26N6O/c1-6-14(4)17-18(26-27(5)19(17)20(22)28)16-7-8-23-21(25-16)24-15-10-12(2)9-13(3)11-15/h7-11,14H,6H2,1-5H3,(H2,22,28)(H,23,24,25). The summed E-state index contributed by atoms with van der Waals surface area (Å²) in [6.07, 6.45) is 2.55. The predicted octanol–water partition coefficient (Wildman–Crippen LogP) is 3.85. The van der Waals surface area contributed by atoms with E-state index in [1.54, 1.807) is 19.3 Å². The monoisotopic (exact) mass is 378 g/mol. The highest BCUT2D eigenvalue weighted by molar-refractivity contribution is 5.94. The zero-order valence-corrected chi connectivity index (χ0v) is 16.9. The van der Waals surface area contributed by atoms with Gasteiger partial charge in [0.25, 0.3) is 5.91 Å². The Hall–Kier alpha value is -3.22. The Labute approximate surface area is 165 Å². The molecule has 0 aliphatic carbocycles. The number of rotatable bonds is 6. The molecule has 1 atom stereocenters. The van der Waals surface area contributed by atoms with Crippen molar-refractivity contribution in [2.75, 3.05) is 5.32 Å². The van der Waals surface area contributed by atoms with Crippen LogP contribution < -0.4 is 11.1 Å². The highest BCUT2D eigenvalue weighted by Gasteiger charge is 2.25. The Bertz CT molecular complexity index is 1000. The van der Waals surface area contributed by atoms with E-state index in [9.17, 15) is 4.79 Å². The lowest BCUT2D eigenvalue weighted by Gasteiger charge is -2.12. The molecule has 0 fully saturated rings. The summed E-state index contributed by atoms with van der Waals surface area (Å²) >= 11 is 0. The second-order valence-electron chi connectivity index (χ2n) is 7.17. The first-order chi connectivity index (χ1) is 13.3. The van der Waals surface area contributed by atoms with Crippen LogP contribution in [0.3, 0.4) is 0 Å². The van der Waals surface area contributed by atoms with Gasteiger partial charge in [-0.15, -0.1) is 0 Å². The van der Waals surface area contributed by atoms with E-state index in [4.69, 9.17) is 5.73 Å². The number of carbonyl (C=O) groups is 1. The Morgan fingerprint density at radius 1 is 1.25 bits per heavy atom. The van der Waals surface area contributed by atoms with Crippen molar-refractivity contribution in [1.82, 2.24) is 19.7 Å². The number of hydrogen-bond acceptors (Lipinski definition) is 5. The van der Waals surface area contributed by atoms with E-state index in [-0.39, 0.29) is 5.92 Å². The molecule has 3 aromatic rings. The largest absolute Gasteiger partial charge is 0.364 e. The maximum atomic E-state index is 12.0. The molecule has 1 unspecified atom stereocenters. The number of nitrogens with two attached hydrogens (primary N) is 1. The van der Waals surface area contributed by atoms with Crippen molar-refractivity contribution in [3.8, 4) is 11.4 Å². The van der Waals surface area contributed by atoms with Gasteiger partial charge in [-0.2, -0.15) is 5.10 Å². The van der Waals surface area contributed by atoms with Gasteiger partial charge in [0.05, 0.1) is 5.69 Å². The number of amides is 1. The van der Waals surface area contributed by atoms with Crippen molar-refractivity contribution in [2.45, 2.75) is 40.0 Å². The number of anilines is 2. The molecule has 28 heavy (non-hydrogen) atoms. The van der Waals surface area contributed by atoms with Crippen LogP contribution in [-0.4, -0.2) is 25.7 Å². The van der Waals surface area contributed by atoms with Gasteiger partial charge in [-0.25, -0.2) is 9.97 Å². The number of aryl methyl sites for hydroxylation is 3. The van der Waals surface area contributed by atoms with Gasteiger partial charge in [-0.3, -0.25) is 9.48 Å². The van der Waals surface area contributed by atoms with Crippen molar-refractivity contribution in [2.24, 2.45) is 12.8 Å². The lowest BCUT2D eigenvalue weighted by Crippen LogP contribution is -2.18. The van der Waals surface area contributed by atoms with Crippen LogP contribution in [0.2, 0.25) is 0 Å². The molecular formula is C21H26N6O. The van der Waals surface area contributed by atoms with Gasteiger partial charge in [-0.1, -0.05) is 19.9 Å². The lowest BCUT2D eigenvalue weighted by molar-refractivity contribution is 0.0990. The predicted molar refractivity (Wildman–Crippen MR) is 111 cm³/mol. The quantitative estimate of drug-likeness (QED) is 0.679. The molecule has 2 aromatic heterocycles. The minimum absolute atomic E-state index is 0.122. The average molecular weight is 378 g/mol. The molecule has 0 bridgehead atoms. The minimum Gasteiger partial charge on any atom is -0.364 e. The molecule has 0 aliphatic rings. The fourth-order valence-electron chi connectivity index (χ4n) is 3.42. The zero-order valence-electron chi connectivity index (χ0n) is 16.9. The van der Waals surface area contributed by atoms with E-state index in [0.717, 1.165) is 28.8 Å². The van der Waals surface area contributed by atoms with Crippen LogP contribution in [0.1, 0.15) is 53.4 Å². The first kappa shape index (κ1) is 19.5. The summed E-state index contributed by atoms with van der Waals surface area (Å²) < 4.78 is 1.54. The second-order valence-corrected chi connectivity index (χ2v) is 7.17. The molecule has 7 heteroatoms. The molecule has 0 saturated carbocycles. The molecule has 0 saturated heterocycles. The van der Waals surface area contributed by atoms with Crippen molar-refractivity contribution < 1.29 is 4.79 Å². The van der Waals surface area contributed by atoms with E-state index in [1.807, 2.05) is 26.0 Å². The van der Waals surface area contributed by atoms with Crippen molar-refractivity contribution in [3.63, 3.8) is 0 Å². The topological polar surface area (TPSA) is 98.7 Å². The first-order valence-electron chi connectivity index (χ1n) is 9.35. The van der Waals surface area contributed by atoms with E-state index in [0.29, 0.717) is 23.0 Å². The summed E-state index contributed by atoms with van der Waals surface area (Å²) in [5.74, 6) is 0.111. The van der Waals surface area contributed by atoms with Gasteiger partial charge in [0.1, 0.15) is 11.4 Å². The molecule has 1 amide bonds. The fourth-order valence-corrected chi connectivity index (χ4v) is 3.42. The summed E-state index contributed by atoms with van der Waals surface area (Å²) in [6, 6.07) is 7.99. The van der Waals surface area contributed by atoms with Crippen LogP contribution in [0.5, 0.6) is 0 Å². The van der Waals surface area contributed by atoms with Gasteiger partial charge < -0.3 is 11.1 Å². The van der Waals surface area contributed by atoms with Crippen molar-refractivity contribution in [3.05, 3.63) is 52.8 Å². The molecule has 0 aliphatic heterocycles. The van der Waals surface area contributed by atoms with Crippen molar-refractivity contribution >= 4 is 17.5 Å². The SMILES string of the molecule is CCC(C)c1c(-c2ccnc(Nc3cc(C)cc(C)c3)n2)nn(C)c1C(N)=O. The number of hydrogen-bond donors (Lipinski definition) is 2. The normalized spacial score (nSPS) is 12.0. The Morgan fingerprint density at radius 2 is 1.93 bits per heavy atom. The lowest BCUT2D eigenvalue weighted by atomic mass is 9.94. The summed E-state index contributed by atoms with van der Waals surface area (Å²) in [6.45, 7) is 8.22. The minimum atomic E-state index is -0.487. The first-order valence-corrected chi connectivity index (χ1v) is 9.35. The maximum Gasteiger partial charge on any atom is 0.267 e. The molecule has 2 heterocycles. The fraction of sp³-hybridized carbons (Fsp3) is 0.333. The molecule has 3 N–H and O–H groups in total. The summed E-state index contributed by atoms with van der Waals surface area (Å²) in [4.78, 5) is 21.0. The van der Waals surface area contributed by atoms with Crippen molar-refractivity contribution in [1.29, 1.82) is 0 Å². The van der Waals surface area contributed by atoms with Crippen LogP contribution in [-0.2, 0) is 7.05 Å². The third kappa shape index (κ3) is 3.88. The number of primary amides is 1. The van der Waals surface area contributed by atoms with Crippen LogP contribution in [0.25, 0.3) is 11.4 Å². The maximum absolute atomic E-state index is 12.0. The second kappa shape index (κ2) is 7.80. The van der Waals surface area contributed by atoms with Crippen LogP contribution in [0.15, 0.2) is 30.5 Å². The Kier molecular flexibility index (Phi) is 5.44. The summed E-state index contributed by atoms with van der Waals surface area (Å²) in [5, 5.41) is 7.80. The Balaban J connectivity index is 2.05. The molecule has 1 aromatic carbocycles. The van der Waals surface area contributed by atoms with Gasteiger partial charge in [-0.05, 0) is 55.5 Å². The third-order valence-corrected chi connectivity index (χ3v) is 4.80. The van der Waals surface area contributed by atoms with Gasteiger partial charge in [0.2, 0.25) is 5.95 Å². The van der Waals surface area contributed by atoms with Crippen LogP contribution in [0.4, 0.5) is 11.6 Å². The molecule has 146 valence electrons. The summed E-state index contributed by atoms with van der Waals surface area (Å²) in [5.41, 5.74) is 11.4. The number of benzene rings is 1. The van der Waals surface area contributed by atoms with E-state index < -0.39 is 5.91 Å². The Morgan fingerprint density at radius 3 is 2.54 bits per heavy atom. The van der Waals surface area contributed by atoms with Gasteiger partial charge >= 0.3 is 0 Å². The number of aromatic nitrogens is 4.